The van der Waals surface area contributed by atoms with Crippen molar-refractivity contribution in [2.45, 2.75) is 57.2 Å². The van der Waals surface area contributed by atoms with Crippen molar-refractivity contribution in [3.05, 3.63) is 53.6 Å². The van der Waals surface area contributed by atoms with Crippen LogP contribution in [-0.2, 0) is 11.3 Å². The zero-order valence-corrected chi connectivity index (χ0v) is 21.7. The Hall–Kier alpha value is -2.28. The molecule has 1 saturated heterocycles. The number of methoxy groups -OCH3 is 1. The lowest BCUT2D eigenvalue weighted by atomic mass is 9.76. The van der Waals surface area contributed by atoms with Crippen molar-refractivity contribution >= 4 is 5.69 Å². The fraction of sp³-hybridized carbons (Fsp3) is 0.600. The third-order valence-corrected chi connectivity index (χ3v) is 8.31. The van der Waals surface area contributed by atoms with Crippen LogP contribution in [0.5, 0.6) is 11.5 Å². The number of hydrogen-bond donors (Lipinski definition) is 1. The van der Waals surface area contributed by atoms with Gasteiger partial charge in [0, 0.05) is 39.2 Å². The zero-order chi connectivity index (χ0) is 24.7. The molecular weight excluding hydrogens is 452 g/mol. The van der Waals surface area contributed by atoms with Crippen molar-refractivity contribution in [3.8, 4) is 11.5 Å². The van der Waals surface area contributed by atoms with Gasteiger partial charge in [-0.2, -0.15) is 0 Å². The second kappa shape index (κ2) is 12.3. The maximum Gasteiger partial charge on any atom is 0.184 e. The number of fused-ring (bicyclic) bond motifs is 1. The van der Waals surface area contributed by atoms with E-state index in [4.69, 9.17) is 14.2 Å². The van der Waals surface area contributed by atoms with Gasteiger partial charge in [0.25, 0.3) is 0 Å². The highest BCUT2D eigenvalue weighted by molar-refractivity contribution is 5.65. The number of aliphatic hydroxyl groups is 1. The van der Waals surface area contributed by atoms with Gasteiger partial charge >= 0.3 is 0 Å². The van der Waals surface area contributed by atoms with Crippen molar-refractivity contribution in [1.82, 2.24) is 4.90 Å². The van der Waals surface area contributed by atoms with Crippen LogP contribution < -0.4 is 14.4 Å². The van der Waals surface area contributed by atoms with E-state index in [1.807, 2.05) is 6.07 Å². The van der Waals surface area contributed by atoms with E-state index in [0.29, 0.717) is 25.7 Å². The molecule has 0 amide bonds. The Balaban J connectivity index is 1.24. The summed E-state index contributed by atoms with van der Waals surface area (Å²) in [5, 5.41) is 11.6. The van der Waals surface area contributed by atoms with Gasteiger partial charge in [0.05, 0.1) is 18.4 Å². The molecule has 1 N–H and O–H groups in total. The van der Waals surface area contributed by atoms with Crippen LogP contribution in [-0.4, -0.2) is 69.2 Å². The lowest BCUT2D eigenvalue weighted by Gasteiger charge is -2.39. The van der Waals surface area contributed by atoms with Crippen LogP contribution in [0.1, 0.15) is 55.6 Å². The summed E-state index contributed by atoms with van der Waals surface area (Å²) in [5.74, 6) is 2.30. The Morgan fingerprint density at radius 2 is 1.72 bits per heavy atom. The molecule has 0 bridgehead atoms. The highest BCUT2D eigenvalue weighted by Gasteiger charge is 2.32. The van der Waals surface area contributed by atoms with Crippen molar-refractivity contribution in [2.24, 2.45) is 5.92 Å². The molecule has 2 aromatic rings. The largest absolute Gasteiger partial charge is 0.486 e. The predicted octanol–water partition coefficient (Wildman–Crippen LogP) is 4.84. The van der Waals surface area contributed by atoms with Gasteiger partial charge in [-0.25, -0.2) is 0 Å². The van der Waals surface area contributed by atoms with Gasteiger partial charge in [-0.05, 0) is 55.0 Å². The summed E-state index contributed by atoms with van der Waals surface area (Å²) in [4.78, 5) is 4.98. The minimum Gasteiger partial charge on any atom is -0.486 e. The van der Waals surface area contributed by atoms with E-state index in [0.717, 1.165) is 69.2 Å². The number of nitrogens with zero attached hydrogens (tertiary/aromatic N) is 2. The lowest BCUT2D eigenvalue weighted by molar-refractivity contribution is 0.0527. The van der Waals surface area contributed by atoms with E-state index in [1.165, 1.54) is 30.4 Å². The van der Waals surface area contributed by atoms with Gasteiger partial charge in [-0.3, -0.25) is 4.90 Å². The molecule has 2 atom stereocenters. The van der Waals surface area contributed by atoms with Crippen LogP contribution in [0, 0.1) is 5.92 Å². The summed E-state index contributed by atoms with van der Waals surface area (Å²) in [5.41, 5.74) is 3.62. The standard InChI is InChI=1S/C30H42N2O4/c1-34-22-24-10-5-6-11-25(24)26(29(33)23-8-3-2-4-9-23)14-15-31-16-18-32(19-17-31)27-12-7-13-28-30(27)36-21-20-35-28/h5-7,10-13,23,26,29,33H,2-4,8-9,14-22H2,1H3. The molecule has 2 fully saturated rings. The fourth-order valence-electron chi connectivity index (χ4n) is 6.34. The smallest absolute Gasteiger partial charge is 0.184 e. The van der Waals surface area contributed by atoms with E-state index in [2.05, 4.69) is 46.2 Å². The Labute approximate surface area is 216 Å². The molecule has 1 saturated carbocycles. The number of benzene rings is 2. The molecule has 0 aromatic heterocycles. The maximum absolute atomic E-state index is 11.6. The molecule has 0 radical (unpaired) electrons. The molecule has 5 rings (SSSR count). The first kappa shape index (κ1) is 25.4. The fourth-order valence-corrected chi connectivity index (χ4v) is 6.34. The monoisotopic (exact) mass is 494 g/mol. The minimum atomic E-state index is -0.294. The van der Waals surface area contributed by atoms with Crippen molar-refractivity contribution in [1.29, 1.82) is 0 Å². The number of ether oxygens (including phenoxy) is 3. The topological polar surface area (TPSA) is 54.4 Å². The molecule has 1 aliphatic carbocycles. The Morgan fingerprint density at radius 1 is 0.944 bits per heavy atom. The molecule has 36 heavy (non-hydrogen) atoms. The summed E-state index contributed by atoms with van der Waals surface area (Å²) < 4.78 is 17.3. The number of para-hydroxylation sites is 1. The van der Waals surface area contributed by atoms with Crippen LogP contribution in [0.25, 0.3) is 0 Å². The highest BCUT2D eigenvalue weighted by Crippen LogP contribution is 2.40. The number of aliphatic hydroxyl groups excluding tert-OH is 1. The SMILES string of the molecule is COCc1ccccc1C(CCN1CCN(c2cccc3c2OCCO3)CC1)C(O)C1CCCCC1. The van der Waals surface area contributed by atoms with Gasteiger partial charge in [0.1, 0.15) is 13.2 Å². The number of anilines is 1. The van der Waals surface area contributed by atoms with E-state index >= 15 is 0 Å². The van der Waals surface area contributed by atoms with Gasteiger partial charge in [-0.1, -0.05) is 49.6 Å². The molecule has 2 aromatic carbocycles. The molecule has 2 aliphatic heterocycles. The number of rotatable bonds is 9. The average Bonchev–Trinajstić information content (AvgIpc) is 2.94. The van der Waals surface area contributed by atoms with Crippen LogP contribution in [0.15, 0.2) is 42.5 Å². The van der Waals surface area contributed by atoms with Crippen LogP contribution in [0.3, 0.4) is 0 Å². The van der Waals surface area contributed by atoms with Gasteiger partial charge < -0.3 is 24.2 Å². The zero-order valence-electron chi connectivity index (χ0n) is 21.7. The lowest BCUT2D eigenvalue weighted by Crippen LogP contribution is -2.47. The molecule has 196 valence electrons. The average molecular weight is 495 g/mol. The van der Waals surface area contributed by atoms with Gasteiger partial charge in [-0.15, -0.1) is 0 Å². The first-order valence-electron chi connectivity index (χ1n) is 13.9. The van der Waals surface area contributed by atoms with E-state index in [-0.39, 0.29) is 12.0 Å². The number of hydrogen-bond acceptors (Lipinski definition) is 6. The number of piperazine rings is 1. The normalized spacial score (nSPS) is 20.8. The third-order valence-electron chi connectivity index (χ3n) is 8.31. The van der Waals surface area contributed by atoms with Crippen LogP contribution in [0.2, 0.25) is 0 Å². The van der Waals surface area contributed by atoms with E-state index in [9.17, 15) is 5.11 Å². The molecule has 6 heteroatoms. The summed E-state index contributed by atoms with van der Waals surface area (Å²) >= 11 is 0. The molecular formula is C30H42N2O4. The van der Waals surface area contributed by atoms with Crippen molar-refractivity contribution in [2.75, 3.05) is 57.9 Å². The van der Waals surface area contributed by atoms with Gasteiger partial charge in [0.15, 0.2) is 11.5 Å². The van der Waals surface area contributed by atoms with Crippen molar-refractivity contribution in [3.63, 3.8) is 0 Å². The Bertz CT molecular complexity index is 969. The van der Waals surface area contributed by atoms with E-state index < -0.39 is 0 Å². The second-order valence-corrected chi connectivity index (χ2v) is 10.5. The minimum absolute atomic E-state index is 0.143. The Morgan fingerprint density at radius 3 is 2.53 bits per heavy atom. The van der Waals surface area contributed by atoms with Crippen LogP contribution >= 0.6 is 0 Å². The Kier molecular flexibility index (Phi) is 8.67. The molecule has 2 unspecified atom stereocenters. The maximum atomic E-state index is 11.6. The summed E-state index contributed by atoms with van der Waals surface area (Å²) in [7, 11) is 1.75. The van der Waals surface area contributed by atoms with Crippen LogP contribution in [0.4, 0.5) is 5.69 Å². The highest BCUT2D eigenvalue weighted by atomic mass is 16.6. The first-order chi connectivity index (χ1) is 17.7. The quantitative estimate of drug-likeness (QED) is 0.538. The molecule has 0 spiro atoms. The second-order valence-electron chi connectivity index (χ2n) is 10.5. The van der Waals surface area contributed by atoms with Crippen molar-refractivity contribution < 1.29 is 19.3 Å². The first-order valence-corrected chi connectivity index (χ1v) is 13.9. The third kappa shape index (κ3) is 5.82. The summed E-state index contributed by atoms with van der Waals surface area (Å²) in [6.45, 7) is 6.77. The summed E-state index contributed by atoms with van der Waals surface area (Å²) in [6, 6.07) is 14.8. The molecule has 3 aliphatic rings. The predicted molar refractivity (Wildman–Crippen MR) is 143 cm³/mol. The molecule has 6 nitrogen and oxygen atoms in total. The summed E-state index contributed by atoms with van der Waals surface area (Å²) in [6.07, 6.45) is 6.77. The molecule has 2 heterocycles. The van der Waals surface area contributed by atoms with E-state index in [1.54, 1.807) is 7.11 Å². The van der Waals surface area contributed by atoms with Gasteiger partial charge in [0.2, 0.25) is 0 Å².